The molecule has 8 heteroatoms. The number of halogens is 2. The Bertz CT molecular complexity index is 793. The van der Waals surface area contributed by atoms with Crippen LogP contribution in [0.1, 0.15) is 25.4 Å². The highest BCUT2D eigenvalue weighted by molar-refractivity contribution is 6.35. The Morgan fingerprint density at radius 1 is 1.32 bits per heavy atom. The van der Waals surface area contributed by atoms with Gasteiger partial charge in [-0.2, -0.15) is 10.2 Å². The molecule has 25 heavy (non-hydrogen) atoms. The molecule has 2 aromatic rings. The highest BCUT2D eigenvalue weighted by Gasteiger charge is 2.28. The molecular formula is C17H17Cl2N3O3. The number of ether oxygens (including phenoxy) is 2. The topological polar surface area (TPSA) is 71.5 Å². The Morgan fingerprint density at radius 3 is 2.68 bits per heavy atom. The predicted octanol–water partition coefficient (Wildman–Crippen LogP) is 4.05. The number of morpholine rings is 1. The number of hydrogen-bond acceptors (Lipinski definition) is 6. The minimum Gasteiger partial charge on any atom is -0.482 e. The van der Waals surface area contributed by atoms with Crippen molar-refractivity contribution in [3.63, 3.8) is 0 Å². The van der Waals surface area contributed by atoms with Crippen molar-refractivity contribution >= 4 is 29.1 Å². The number of benzene rings is 1. The zero-order chi connectivity index (χ0) is 18.0. The third-order valence-corrected chi connectivity index (χ3v) is 4.24. The first-order valence-corrected chi connectivity index (χ1v) is 8.60. The van der Waals surface area contributed by atoms with E-state index in [0.29, 0.717) is 40.7 Å². The smallest absolute Gasteiger partial charge is 0.236 e. The fraction of sp³-hybridized carbons (Fsp3) is 0.412. The van der Waals surface area contributed by atoms with Crippen molar-refractivity contribution in [2.24, 2.45) is 0 Å². The standard InChI is InChI=1S/C17H17Cl2N3O3/c1-10-7-22(8-11(2)24-10)17-14(6-20)21-16(25-17)9-23-15-4-3-12(18)5-13(15)19/h3-5,10-11H,7-9H2,1-2H3/t10-,11+. The molecule has 2 atom stereocenters. The van der Waals surface area contributed by atoms with E-state index in [-0.39, 0.29) is 24.5 Å². The molecular weight excluding hydrogens is 365 g/mol. The number of nitriles is 1. The first-order valence-electron chi connectivity index (χ1n) is 7.84. The van der Waals surface area contributed by atoms with E-state index in [1.165, 1.54) is 0 Å². The summed E-state index contributed by atoms with van der Waals surface area (Å²) in [4.78, 5) is 6.19. The van der Waals surface area contributed by atoms with E-state index >= 15 is 0 Å². The van der Waals surface area contributed by atoms with Gasteiger partial charge < -0.3 is 18.8 Å². The van der Waals surface area contributed by atoms with Crippen molar-refractivity contribution < 1.29 is 13.9 Å². The van der Waals surface area contributed by atoms with Gasteiger partial charge in [-0.25, -0.2) is 0 Å². The summed E-state index contributed by atoms with van der Waals surface area (Å²) in [6, 6.07) is 7.02. The molecule has 0 N–H and O–H groups in total. The lowest BCUT2D eigenvalue weighted by Crippen LogP contribution is -2.45. The average molecular weight is 382 g/mol. The summed E-state index contributed by atoms with van der Waals surface area (Å²) >= 11 is 11.9. The molecule has 0 saturated carbocycles. The van der Waals surface area contributed by atoms with E-state index in [2.05, 4.69) is 11.1 Å². The monoisotopic (exact) mass is 381 g/mol. The number of anilines is 1. The highest BCUT2D eigenvalue weighted by Crippen LogP contribution is 2.29. The van der Waals surface area contributed by atoms with Crippen LogP contribution in [-0.4, -0.2) is 30.3 Å². The number of nitrogens with zero attached hydrogens (tertiary/aromatic N) is 3. The molecule has 1 aliphatic heterocycles. The zero-order valence-electron chi connectivity index (χ0n) is 13.8. The Balaban J connectivity index is 1.75. The second-order valence-corrected chi connectivity index (χ2v) is 6.74. The van der Waals surface area contributed by atoms with Crippen molar-refractivity contribution in [2.75, 3.05) is 18.0 Å². The molecule has 132 valence electrons. The van der Waals surface area contributed by atoms with Gasteiger partial charge in [-0.05, 0) is 32.0 Å². The summed E-state index contributed by atoms with van der Waals surface area (Å²) in [6.07, 6.45) is 0.0981. The Kier molecular flexibility index (Phi) is 5.38. The first kappa shape index (κ1) is 17.9. The third kappa shape index (κ3) is 4.18. The predicted molar refractivity (Wildman–Crippen MR) is 94.2 cm³/mol. The van der Waals surface area contributed by atoms with E-state index in [0.717, 1.165) is 0 Å². The second kappa shape index (κ2) is 7.52. The lowest BCUT2D eigenvalue weighted by molar-refractivity contribution is -0.00651. The molecule has 3 rings (SSSR count). The number of oxazole rings is 1. The van der Waals surface area contributed by atoms with E-state index in [4.69, 9.17) is 37.1 Å². The number of hydrogen-bond donors (Lipinski definition) is 0. The molecule has 0 amide bonds. The normalized spacial score (nSPS) is 20.4. The summed E-state index contributed by atoms with van der Waals surface area (Å²) in [5.41, 5.74) is 0.238. The van der Waals surface area contributed by atoms with Crippen LogP contribution in [0.3, 0.4) is 0 Å². The minimum absolute atomic E-state index is 0.0490. The van der Waals surface area contributed by atoms with Crippen molar-refractivity contribution in [1.82, 2.24) is 4.98 Å². The average Bonchev–Trinajstić information content (AvgIpc) is 2.96. The lowest BCUT2D eigenvalue weighted by Gasteiger charge is -2.34. The van der Waals surface area contributed by atoms with Crippen LogP contribution in [0.15, 0.2) is 22.6 Å². The molecule has 0 bridgehead atoms. The molecule has 0 aliphatic carbocycles. The van der Waals surface area contributed by atoms with Gasteiger partial charge >= 0.3 is 0 Å². The van der Waals surface area contributed by atoms with Gasteiger partial charge in [-0.15, -0.1) is 0 Å². The summed E-state index contributed by atoms with van der Waals surface area (Å²) in [7, 11) is 0. The quantitative estimate of drug-likeness (QED) is 0.795. The summed E-state index contributed by atoms with van der Waals surface area (Å²) in [5, 5.41) is 10.3. The van der Waals surface area contributed by atoms with E-state index in [1.807, 2.05) is 18.7 Å². The maximum atomic E-state index is 9.35. The second-order valence-electron chi connectivity index (χ2n) is 5.90. The van der Waals surface area contributed by atoms with E-state index in [9.17, 15) is 5.26 Å². The maximum Gasteiger partial charge on any atom is 0.236 e. The molecule has 1 aromatic heterocycles. The van der Waals surface area contributed by atoms with Gasteiger partial charge in [0.05, 0.1) is 17.2 Å². The van der Waals surface area contributed by atoms with Gasteiger partial charge in [0.25, 0.3) is 0 Å². The third-order valence-electron chi connectivity index (χ3n) is 3.71. The molecule has 1 aromatic carbocycles. The zero-order valence-corrected chi connectivity index (χ0v) is 15.3. The van der Waals surface area contributed by atoms with Crippen LogP contribution in [0.25, 0.3) is 0 Å². The van der Waals surface area contributed by atoms with Crippen LogP contribution < -0.4 is 9.64 Å². The number of rotatable bonds is 4. The lowest BCUT2D eigenvalue weighted by atomic mass is 10.2. The van der Waals surface area contributed by atoms with Gasteiger partial charge in [0.15, 0.2) is 6.61 Å². The van der Waals surface area contributed by atoms with Crippen molar-refractivity contribution in [2.45, 2.75) is 32.7 Å². The van der Waals surface area contributed by atoms with Gasteiger partial charge in [0, 0.05) is 18.1 Å². The van der Waals surface area contributed by atoms with Crippen LogP contribution >= 0.6 is 23.2 Å². The molecule has 1 fully saturated rings. The van der Waals surface area contributed by atoms with Crippen LogP contribution in [0, 0.1) is 11.3 Å². The molecule has 6 nitrogen and oxygen atoms in total. The largest absolute Gasteiger partial charge is 0.482 e. The molecule has 2 heterocycles. The molecule has 0 unspecified atom stereocenters. The van der Waals surface area contributed by atoms with E-state index < -0.39 is 0 Å². The van der Waals surface area contributed by atoms with Gasteiger partial charge in [0.1, 0.15) is 11.8 Å². The summed E-state index contributed by atoms with van der Waals surface area (Å²) < 4.78 is 17.1. The highest BCUT2D eigenvalue weighted by atomic mass is 35.5. The van der Waals surface area contributed by atoms with Crippen LogP contribution in [-0.2, 0) is 11.3 Å². The SMILES string of the molecule is C[C@@H]1CN(c2oc(COc3ccc(Cl)cc3Cl)nc2C#N)C[C@H](C)O1. The van der Waals surface area contributed by atoms with Crippen LogP contribution in [0.4, 0.5) is 5.88 Å². The fourth-order valence-corrected chi connectivity index (χ4v) is 3.24. The Hall–Kier alpha value is -1.94. The summed E-state index contributed by atoms with van der Waals surface area (Å²) in [5.74, 6) is 1.23. The van der Waals surface area contributed by atoms with Gasteiger partial charge in [0.2, 0.25) is 17.5 Å². The maximum absolute atomic E-state index is 9.35. The molecule has 1 saturated heterocycles. The first-order chi connectivity index (χ1) is 12.0. The Labute approximate surface area is 155 Å². The van der Waals surface area contributed by atoms with Crippen molar-refractivity contribution in [1.29, 1.82) is 5.26 Å². The van der Waals surface area contributed by atoms with Gasteiger partial charge in [-0.3, -0.25) is 0 Å². The fourth-order valence-electron chi connectivity index (χ4n) is 2.78. The van der Waals surface area contributed by atoms with Crippen molar-refractivity contribution in [3.05, 3.63) is 39.8 Å². The molecule has 1 aliphatic rings. The Morgan fingerprint density at radius 2 is 2.04 bits per heavy atom. The van der Waals surface area contributed by atoms with E-state index in [1.54, 1.807) is 18.2 Å². The van der Waals surface area contributed by atoms with Crippen molar-refractivity contribution in [3.8, 4) is 11.8 Å². The summed E-state index contributed by atoms with van der Waals surface area (Å²) in [6.45, 7) is 5.30. The number of aromatic nitrogens is 1. The molecule has 0 spiro atoms. The van der Waals surface area contributed by atoms with Crippen LogP contribution in [0.5, 0.6) is 5.75 Å². The molecule has 0 radical (unpaired) electrons. The van der Waals surface area contributed by atoms with Crippen LogP contribution in [0.2, 0.25) is 10.0 Å². The minimum atomic E-state index is 0.0490. The van der Waals surface area contributed by atoms with Gasteiger partial charge in [-0.1, -0.05) is 23.2 Å².